The molecule has 1 heterocycles. The molecule has 0 saturated heterocycles. The maximum Gasteiger partial charge on any atom is 0.337 e. The van der Waals surface area contributed by atoms with Crippen LogP contribution in [0, 0.1) is 0 Å². The molecule has 2 amide bonds. The van der Waals surface area contributed by atoms with Gasteiger partial charge in [0.25, 0.3) is 0 Å². The number of rotatable bonds is 8. The molecule has 0 fully saturated rings. The molecule has 7 nitrogen and oxygen atoms in total. The van der Waals surface area contributed by atoms with Crippen LogP contribution in [0.25, 0.3) is 0 Å². The van der Waals surface area contributed by atoms with Crippen LogP contribution in [-0.4, -0.2) is 32.8 Å². The average molecular weight is 441 g/mol. The Morgan fingerprint density at radius 3 is 2.59 bits per heavy atom. The monoisotopic (exact) mass is 440 g/mol. The van der Waals surface area contributed by atoms with E-state index in [-0.39, 0.29) is 6.03 Å². The molecule has 0 aromatic heterocycles. The van der Waals surface area contributed by atoms with Gasteiger partial charge in [0.2, 0.25) is 0 Å². The van der Waals surface area contributed by atoms with Crippen molar-refractivity contribution in [1.82, 2.24) is 10.6 Å². The second-order valence-electron chi connectivity index (χ2n) is 5.99. The van der Waals surface area contributed by atoms with Gasteiger partial charge < -0.3 is 24.8 Å². The van der Waals surface area contributed by atoms with Crippen LogP contribution in [0.2, 0.25) is 0 Å². The lowest BCUT2D eigenvalue weighted by Gasteiger charge is -2.30. The normalized spacial score (nSPS) is 16.5. The molecule has 2 rings (SSSR count). The topological polar surface area (TPSA) is 85.9 Å². The predicted molar refractivity (Wildman–Crippen MR) is 105 cm³/mol. The number of nitrogens with one attached hydrogen (secondary N) is 2. The van der Waals surface area contributed by atoms with E-state index in [0.717, 1.165) is 12.8 Å². The highest BCUT2D eigenvalue weighted by Crippen LogP contribution is 2.40. The zero-order chi connectivity index (χ0) is 20.0. The van der Waals surface area contributed by atoms with Crippen LogP contribution in [0.4, 0.5) is 4.79 Å². The first-order valence-corrected chi connectivity index (χ1v) is 9.65. The van der Waals surface area contributed by atoms with Crippen molar-refractivity contribution >= 4 is 27.9 Å². The number of esters is 1. The molecule has 0 aliphatic carbocycles. The SMILES string of the molecule is CCCCC1=C(C(=O)OC)C(c2cc(Br)c(OC)c(OCC)c2)NC(=O)N1. The van der Waals surface area contributed by atoms with Crippen LogP contribution < -0.4 is 20.1 Å². The van der Waals surface area contributed by atoms with Crippen LogP contribution in [-0.2, 0) is 9.53 Å². The maximum atomic E-state index is 12.5. The summed E-state index contributed by atoms with van der Waals surface area (Å²) in [4.78, 5) is 24.7. The van der Waals surface area contributed by atoms with E-state index >= 15 is 0 Å². The first kappa shape index (κ1) is 21.1. The van der Waals surface area contributed by atoms with Gasteiger partial charge in [0.05, 0.1) is 36.9 Å². The van der Waals surface area contributed by atoms with Gasteiger partial charge in [0.1, 0.15) is 0 Å². The van der Waals surface area contributed by atoms with Gasteiger partial charge in [-0.25, -0.2) is 9.59 Å². The van der Waals surface area contributed by atoms with E-state index in [0.29, 0.717) is 45.8 Å². The summed E-state index contributed by atoms with van der Waals surface area (Å²) in [5.74, 6) is 0.593. The number of methoxy groups -OCH3 is 2. The second kappa shape index (κ2) is 9.64. The highest BCUT2D eigenvalue weighted by molar-refractivity contribution is 9.10. The summed E-state index contributed by atoms with van der Waals surface area (Å²) in [6, 6.07) is 2.56. The standard InChI is InChI=1S/C19H25BrN2O5/c1-5-7-8-13-15(18(23)26-4)16(22-19(24)21-13)11-9-12(20)17(25-3)14(10-11)27-6-2/h9-10,16H,5-8H2,1-4H3,(H2,21,22,24). The van der Waals surface area contributed by atoms with Gasteiger partial charge in [0.15, 0.2) is 11.5 Å². The number of hydrogen-bond acceptors (Lipinski definition) is 5. The van der Waals surface area contributed by atoms with Crippen molar-refractivity contribution in [1.29, 1.82) is 0 Å². The molecule has 2 N–H and O–H groups in total. The van der Waals surface area contributed by atoms with Crippen molar-refractivity contribution in [3.05, 3.63) is 33.4 Å². The number of carbonyl (C=O) groups is 2. The molecule has 148 valence electrons. The summed E-state index contributed by atoms with van der Waals surface area (Å²) in [5.41, 5.74) is 1.67. The Hall–Kier alpha value is -2.22. The number of unbranched alkanes of at least 4 members (excludes halogenated alkanes) is 1. The summed E-state index contributed by atoms with van der Waals surface area (Å²) in [6.45, 7) is 4.37. The number of ether oxygens (including phenoxy) is 3. The summed E-state index contributed by atoms with van der Waals surface area (Å²) in [7, 11) is 2.88. The first-order valence-electron chi connectivity index (χ1n) is 8.85. The molecular formula is C19H25BrN2O5. The molecule has 0 bridgehead atoms. The Morgan fingerprint density at radius 2 is 2.00 bits per heavy atom. The Labute approximate surface area is 167 Å². The van der Waals surface area contributed by atoms with Crippen molar-refractivity contribution in [3.63, 3.8) is 0 Å². The summed E-state index contributed by atoms with van der Waals surface area (Å²) >= 11 is 3.48. The molecule has 1 unspecified atom stereocenters. The Kier molecular flexibility index (Phi) is 7.53. The zero-order valence-electron chi connectivity index (χ0n) is 16.0. The molecule has 1 aromatic carbocycles. The van der Waals surface area contributed by atoms with Gasteiger partial charge >= 0.3 is 12.0 Å². The number of allylic oxidation sites excluding steroid dienone is 1. The van der Waals surface area contributed by atoms with Crippen molar-refractivity contribution in [2.75, 3.05) is 20.8 Å². The minimum atomic E-state index is -0.653. The molecule has 8 heteroatoms. The lowest BCUT2D eigenvalue weighted by molar-refractivity contribution is -0.136. The molecule has 1 aliphatic rings. The number of urea groups is 1. The van der Waals surface area contributed by atoms with E-state index in [9.17, 15) is 9.59 Å². The first-order chi connectivity index (χ1) is 13.0. The van der Waals surface area contributed by atoms with Crippen molar-refractivity contribution < 1.29 is 23.8 Å². The van der Waals surface area contributed by atoms with E-state index < -0.39 is 12.0 Å². The highest BCUT2D eigenvalue weighted by Gasteiger charge is 2.34. The highest BCUT2D eigenvalue weighted by atomic mass is 79.9. The minimum absolute atomic E-state index is 0.358. The number of benzene rings is 1. The Balaban J connectivity index is 2.59. The Morgan fingerprint density at radius 1 is 1.26 bits per heavy atom. The number of amides is 2. The Bertz CT molecular complexity index is 748. The summed E-state index contributed by atoms with van der Waals surface area (Å²) in [6.07, 6.45) is 2.37. The fourth-order valence-corrected chi connectivity index (χ4v) is 3.61. The third-order valence-corrected chi connectivity index (χ3v) is 4.80. The smallest absolute Gasteiger partial charge is 0.337 e. The quantitative estimate of drug-likeness (QED) is 0.599. The minimum Gasteiger partial charge on any atom is -0.492 e. The molecule has 1 aromatic rings. The predicted octanol–water partition coefficient (Wildman–Crippen LogP) is 3.83. The second-order valence-corrected chi connectivity index (χ2v) is 6.84. The van der Waals surface area contributed by atoms with Gasteiger partial charge in [-0.3, -0.25) is 0 Å². The molecule has 1 aliphatic heterocycles. The number of carbonyl (C=O) groups excluding carboxylic acids is 2. The van der Waals surface area contributed by atoms with Crippen molar-refractivity contribution in [3.8, 4) is 11.5 Å². The average Bonchev–Trinajstić information content (AvgIpc) is 2.65. The lowest BCUT2D eigenvalue weighted by atomic mass is 9.93. The van der Waals surface area contributed by atoms with Gasteiger partial charge in [-0.2, -0.15) is 0 Å². The lowest BCUT2D eigenvalue weighted by Crippen LogP contribution is -2.45. The molecule has 0 spiro atoms. The maximum absolute atomic E-state index is 12.5. The van der Waals surface area contributed by atoms with Crippen LogP contribution >= 0.6 is 15.9 Å². The van der Waals surface area contributed by atoms with Gasteiger partial charge in [-0.05, 0) is 53.4 Å². The molecule has 27 heavy (non-hydrogen) atoms. The van der Waals surface area contributed by atoms with Crippen LogP contribution in [0.1, 0.15) is 44.7 Å². The number of halogens is 1. The molecule has 0 saturated carbocycles. The zero-order valence-corrected chi connectivity index (χ0v) is 17.6. The van der Waals surface area contributed by atoms with Gasteiger partial charge in [-0.1, -0.05) is 13.3 Å². The van der Waals surface area contributed by atoms with E-state index in [1.54, 1.807) is 19.2 Å². The van der Waals surface area contributed by atoms with Crippen molar-refractivity contribution in [2.24, 2.45) is 0 Å². The van der Waals surface area contributed by atoms with Gasteiger partial charge in [-0.15, -0.1) is 0 Å². The fraction of sp³-hybridized carbons (Fsp3) is 0.474. The van der Waals surface area contributed by atoms with Crippen LogP contribution in [0.3, 0.4) is 0 Å². The van der Waals surface area contributed by atoms with Gasteiger partial charge in [0, 0.05) is 5.70 Å². The van der Waals surface area contributed by atoms with E-state index in [4.69, 9.17) is 14.2 Å². The third-order valence-electron chi connectivity index (χ3n) is 4.21. The van der Waals surface area contributed by atoms with Crippen LogP contribution in [0.15, 0.2) is 27.9 Å². The molecule has 0 radical (unpaired) electrons. The van der Waals surface area contributed by atoms with E-state index in [2.05, 4.69) is 26.6 Å². The summed E-state index contributed by atoms with van der Waals surface area (Å²) < 4.78 is 16.7. The summed E-state index contributed by atoms with van der Waals surface area (Å²) in [5, 5.41) is 5.57. The number of hydrogen-bond donors (Lipinski definition) is 2. The third kappa shape index (κ3) is 4.74. The molecular weight excluding hydrogens is 416 g/mol. The van der Waals surface area contributed by atoms with E-state index in [1.165, 1.54) is 7.11 Å². The van der Waals surface area contributed by atoms with Crippen LogP contribution in [0.5, 0.6) is 11.5 Å². The van der Waals surface area contributed by atoms with Crippen molar-refractivity contribution in [2.45, 2.75) is 39.2 Å². The largest absolute Gasteiger partial charge is 0.492 e. The van der Waals surface area contributed by atoms with E-state index in [1.807, 2.05) is 13.8 Å². The molecule has 1 atom stereocenters. The fourth-order valence-electron chi connectivity index (χ4n) is 2.99.